The minimum absolute atomic E-state index is 0.117. The molecule has 1 aromatic carbocycles. The Labute approximate surface area is 152 Å². The molecule has 0 aliphatic heterocycles. The molecule has 1 aromatic heterocycles. The second kappa shape index (κ2) is 7.07. The van der Waals surface area contributed by atoms with Crippen LogP contribution >= 0.6 is 0 Å². The first-order valence-corrected chi connectivity index (χ1v) is 7.35. The molecule has 0 spiro atoms. The van der Waals surface area contributed by atoms with Gasteiger partial charge in [0.1, 0.15) is 29.2 Å². The fourth-order valence-electron chi connectivity index (χ4n) is 2.34. The summed E-state index contributed by atoms with van der Waals surface area (Å²) in [4.78, 5) is 11.6. The highest BCUT2D eigenvalue weighted by Gasteiger charge is 2.40. The number of carbonyl (C=O) groups is 1. The number of aromatic nitrogens is 2. The average Bonchev–Trinajstić information content (AvgIpc) is 2.94. The molecule has 0 radical (unpaired) electrons. The van der Waals surface area contributed by atoms with Crippen molar-refractivity contribution in [2.45, 2.75) is 31.9 Å². The van der Waals surface area contributed by atoms with Gasteiger partial charge < -0.3 is 10.5 Å². The van der Waals surface area contributed by atoms with Crippen LogP contribution < -0.4 is 5.73 Å². The Hall–Kier alpha value is -3.02. The van der Waals surface area contributed by atoms with Gasteiger partial charge in [-0.2, -0.15) is 23.5 Å². The summed E-state index contributed by atoms with van der Waals surface area (Å²) in [5, 5.41) is 13.0. The number of alkyl halides is 3. The summed E-state index contributed by atoms with van der Waals surface area (Å²) in [6, 6.07) is 4.61. The van der Waals surface area contributed by atoms with Gasteiger partial charge in [-0.3, -0.25) is 4.79 Å². The summed E-state index contributed by atoms with van der Waals surface area (Å²) in [5.74, 6) is -1.76. The molecule has 0 amide bonds. The number of hydrogen-bond donors (Lipinski definition) is 1. The molecule has 0 bridgehead atoms. The summed E-state index contributed by atoms with van der Waals surface area (Å²) in [7, 11) is 1.24. The average molecular weight is 369 g/mol. The number of nitrogens with two attached hydrogens (primary N) is 1. The third-order valence-corrected chi connectivity index (χ3v) is 3.85. The Morgan fingerprint density at radius 1 is 1.42 bits per heavy atom. The van der Waals surface area contributed by atoms with E-state index < -0.39 is 36.8 Å². The molecule has 6 nitrogen and oxygen atoms in total. The van der Waals surface area contributed by atoms with Gasteiger partial charge in [0.15, 0.2) is 0 Å². The molecular weight excluding hydrogens is 349 g/mol. The quantitative estimate of drug-likeness (QED) is 0.834. The molecule has 0 aliphatic carbocycles. The van der Waals surface area contributed by atoms with Gasteiger partial charge in [0.25, 0.3) is 0 Å². The fraction of sp³-hybridized carbons (Fsp3) is 0.353. The highest BCUT2D eigenvalue weighted by Crippen LogP contribution is 2.35. The van der Waals surface area contributed by atoms with Gasteiger partial charge in [-0.1, -0.05) is 24.3 Å². The summed E-state index contributed by atoms with van der Waals surface area (Å²) >= 11 is 0. The summed E-state index contributed by atoms with van der Waals surface area (Å²) < 4.78 is 66.6. The number of halogens is 3. The van der Waals surface area contributed by atoms with Crippen LogP contribution in [0.3, 0.4) is 0 Å². The number of anilines is 1. The lowest BCUT2D eigenvalue weighted by molar-refractivity contribution is -0.164. The smallest absolute Gasteiger partial charge is 0.410 e. The van der Waals surface area contributed by atoms with E-state index in [0.717, 1.165) is 0 Å². The molecule has 2 unspecified atom stereocenters. The van der Waals surface area contributed by atoms with Crippen molar-refractivity contribution in [3.63, 3.8) is 0 Å². The van der Waals surface area contributed by atoms with Gasteiger partial charge in [0.2, 0.25) is 0 Å². The van der Waals surface area contributed by atoms with E-state index in [9.17, 15) is 23.2 Å². The van der Waals surface area contributed by atoms with E-state index in [1.54, 1.807) is 13.0 Å². The van der Waals surface area contributed by atoms with Crippen molar-refractivity contribution in [3.8, 4) is 17.3 Å². The Balaban J connectivity index is 2.57. The van der Waals surface area contributed by atoms with Crippen LogP contribution in [0.4, 0.5) is 19.0 Å². The van der Waals surface area contributed by atoms with Crippen LogP contribution in [0, 0.1) is 11.3 Å². The highest BCUT2D eigenvalue weighted by atomic mass is 19.4. The molecule has 1 heterocycles. The van der Waals surface area contributed by atoms with Gasteiger partial charge in [-0.15, -0.1) is 0 Å². The number of benzene rings is 1. The topological polar surface area (TPSA) is 93.9 Å². The molecule has 0 saturated heterocycles. The van der Waals surface area contributed by atoms with Gasteiger partial charge in [-0.25, -0.2) is 4.68 Å². The van der Waals surface area contributed by atoms with Gasteiger partial charge in [0.05, 0.1) is 13.0 Å². The number of nitrogen functional groups attached to an aromatic ring is 1. The number of ether oxygens (including phenoxy) is 1. The van der Waals surface area contributed by atoms with E-state index in [2.05, 4.69) is 9.84 Å². The normalized spacial score (nSPS) is 15.9. The number of nitrogens with zero attached hydrogens (tertiary/aromatic N) is 3. The standard InChI is InChI=1S/C17H17F3N4O2/c1-9(16(25)26-3)11-4-6-12(7-5-11)14-13(8-21)15(22)24(23-14)10(2)17(18,19)20/h4-7,9-10H,22H2,1-3H3/i2D3. The Bertz CT molecular complexity index is 933. The fourth-order valence-corrected chi connectivity index (χ4v) is 2.34. The van der Waals surface area contributed by atoms with Crippen LogP contribution in [0.5, 0.6) is 0 Å². The lowest BCUT2D eigenvalue weighted by atomic mass is 9.98. The van der Waals surface area contributed by atoms with Crippen LogP contribution in [-0.4, -0.2) is 29.0 Å². The van der Waals surface area contributed by atoms with E-state index in [4.69, 9.17) is 9.85 Å². The van der Waals surface area contributed by atoms with Crippen molar-refractivity contribution in [1.82, 2.24) is 9.78 Å². The van der Waals surface area contributed by atoms with Crippen LogP contribution in [-0.2, 0) is 9.53 Å². The second-order valence-corrected chi connectivity index (χ2v) is 5.48. The molecule has 2 aromatic rings. The third kappa shape index (κ3) is 3.49. The largest absolute Gasteiger partial charge is 0.469 e. The van der Waals surface area contributed by atoms with E-state index in [0.29, 0.717) is 5.56 Å². The van der Waals surface area contributed by atoms with Crippen molar-refractivity contribution in [2.75, 3.05) is 12.8 Å². The maximum absolute atomic E-state index is 13.4. The SMILES string of the molecule is [2H]C([2H])([2H])C(n1nc(-c2ccc(C(C)C(=O)OC)cc2)c(C#N)c1N)C(F)(F)F. The maximum Gasteiger partial charge on any atom is 0.410 e. The number of rotatable bonds is 4. The van der Waals surface area contributed by atoms with Crippen LogP contribution in [0.25, 0.3) is 11.3 Å². The van der Waals surface area contributed by atoms with Crippen molar-refractivity contribution in [1.29, 1.82) is 5.26 Å². The van der Waals surface area contributed by atoms with Crippen molar-refractivity contribution in [2.24, 2.45) is 0 Å². The first kappa shape index (κ1) is 15.3. The minimum Gasteiger partial charge on any atom is -0.469 e. The molecule has 0 saturated carbocycles. The first-order valence-electron chi connectivity index (χ1n) is 8.85. The molecule has 2 N–H and O–H groups in total. The first-order chi connectivity index (χ1) is 13.3. The van der Waals surface area contributed by atoms with Crippen molar-refractivity contribution in [3.05, 3.63) is 35.4 Å². The molecule has 2 rings (SSSR count). The van der Waals surface area contributed by atoms with Gasteiger partial charge in [-0.05, 0) is 19.3 Å². The predicted octanol–water partition coefficient (Wildman–Crippen LogP) is 3.40. The zero-order chi connectivity index (χ0) is 22.1. The highest BCUT2D eigenvalue weighted by molar-refractivity contribution is 5.78. The van der Waals surface area contributed by atoms with E-state index in [-0.39, 0.29) is 21.5 Å². The second-order valence-electron chi connectivity index (χ2n) is 5.48. The Morgan fingerprint density at radius 2 is 2.04 bits per heavy atom. The lowest BCUT2D eigenvalue weighted by Gasteiger charge is -2.17. The predicted molar refractivity (Wildman–Crippen MR) is 88.0 cm³/mol. The lowest BCUT2D eigenvalue weighted by Crippen LogP contribution is -2.25. The Morgan fingerprint density at radius 3 is 2.50 bits per heavy atom. The minimum atomic E-state index is -5.17. The van der Waals surface area contributed by atoms with Gasteiger partial charge >= 0.3 is 12.1 Å². The van der Waals surface area contributed by atoms with Crippen LogP contribution in [0.15, 0.2) is 24.3 Å². The van der Waals surface area contributed by atoms with Crippen LogP contribution in [0.1, 0.15) is 41.0 Å². The number of carbonyl (C=O) groups excluding carboxylic acids is 1. The zero-order valence-electron chi connectivity index (χ0n) is 16.8. The number of nitriles is 1. The molecule has 138 valence electrons. The van der Waals surface area contributed by atoms with E-state index >= 15 is 0 Å². The summed E-state index contributed by atoms with van der Waals surface area (Å²) in [6.07, 6.45) is -5.17. The Kier molecular flexibility index (Phi) is 4.15. The molecule has 2 atom stereocenters. The number of esters is 1. The zero-order valence-corrected chi connectivity index (χ0v) is 13.8. The third-order valence-electron chi connectivity index (χ3n) is 3.85. The van der Waals surface area contributed by atoms with Gasteiger partial charge in [0, 0.05) is 9.68 Å². The molecule has 0 fully saturated rings. The summed E-state index contributed by atoms with van der Waals surface area (Å²) in [6.45, 7) is -1.87. The summed E-state index contributed by atoms with van der Waals surface area (Å²) in [5.41, 5.74) is 5.88. The number of hydrogen-bond acceptors (Lipinski definition) is 5. The van der Waals surface area contributed by atoms with Crippen molar-refractivity contribution < 1.29 is 26.8 Å². The maximum atomic E-state index is 13.4. The van der Waals surface area contributed by atoms with Crippen molar-refractivity contribution >= 4 is 11.8 Å². The monoisotopic (exact) mass is 369 g/mol. The number of methoxy groups -OCH3 is 1. The molecule has 26 heavy (non-hydrogen) atoms. The molecule has 9 heteroatoms. The van der Waals surface area contributed by atoms with Crippen LogP contribution in [0.2, 0.25) is 0 Å². The molecule has 0 aliphatic rings. The van der Waals surface area contributed by atoms with E-state index in [1.807, 2.05) is 0 Å². The molecular formula is C17H17F3N4O2. The van der Waals surface area contributed by atoms with E-state index in [1.165, 1.54) is 31.4 Å².